The Morgan fingerprint density at radius 3 is 2.57 bits per heavy atom. The molecular formula is C14H19N3O3S. The van der Waals surface area contributed by atoms with Crippen LogP contribution in [0.1, 0.15) is 37.0 Å². The summed E-state index contributed by atoms with van der Waals surface area (Å²) in [6.07, 6.45) is 1.16. The number of para-hydroxylation sites is 1. The average Bonchev–Trinajstić information content (AvgIpc) is 2.50. The molecule has 0 aromatic heterocycles. The van der Waals surface area contributed by atoms with Crippen molar-refractivity contribution in [2.24, 2.45) is 0 Å². The Balaban J connectivity index is 2.59. The maximum atomic E-state index is 12.1. The number of carbonyl (C=O) groups is 2. The average molecular weight is 309 g/mol. The number of hydrogen-bond donors (Lipinski definition) is 3. The van der Waals surface area contributed by atoms with E-state index in [1.807, 2.05) is 6.92 Å². The highest BCUT2D eigenvalue weighted by molar-refractivity contribution is 7.80. The van der Waals surface area contributed by atoms with Gasteiger partial charge < -0.3 is 10.1 Å². The van der Waals surface area contributed by atoms with E-state index in [0.29, 0.717) is 24.3 Å². The number of hydrazine groups is 1. The molecule has 0 bridgehead atoms. The van der Waals surface area contributed by atoms with Crippen molar-refractivity contribution in [1.82, 2.24) is 16.2 Å². The Hall–Kier alpha value is -2.15. The van der Waals surface area contributed by atoms with Crippen LogP contribution in [0, 0.1) is 0 Å². The van der Waals surface area contributed by atoms with Crippen LogP contribution in [0.5, 0.6) is 5.75 Å². The topological polar surface area (TPSA) is 79.5 Å². The lowest BCUT2D eigenvalue weighted by atomic mass is 10.2. The van der Waals surface area contributed by atoms with Gasteiger partial charge in [-0.1, -0.05) is 26.0 Å². The summed E-state index contributed by atoms with van der Waals surface area (Å²) in [5.41, 5.74) is 5.29. The van der Waals surface area contributed by atoms with E-state index >= 15 is 0 Å². The lowest BCUT2D eigenvalue weighted by Gasteiger charge is -2.13. The Bertz CT molecular complexity index is 520. The summed E-state index contributed by atoms with van der Waals surface area (Å²) in [5, 5.41) is 2.46. The number of hydrogen-bond acceptors (Lipinski definition) is 4. The Labute approximate surface area is 129 Å². The molecule has 0 aliphatic carbocycles. The van der Waals surface area contributed by atoms with Crippen molar-refractivity contribution in [3.8, 4) is 5.75 Å². The molecule has 0 heterocycles. The van der Waals surface area contributed by atoms with Gasteiger partial charge in [0.25, 0.3) is 5.91 Å². The monoisotopic (exact) mass is 309 g/mol. The molecule has 7 heteroatoms. The number of benzene rings is 1. The molecule has 0 saturated carbocycles. The summed E-state index contributed by atoms with van der Waals surface area (Å²) in [6, 6.07) is 6.91. The number of amides is 2. The molecule has 0 saturated heterocycles. The lowest BCUT2D eigenvalue weighted by Crippen LogP contribution is -2.48. The number of ether oxygens (including phenoxy) is 1. The van der Waals surface area contributed by atoms with Crippen LogP contribution < -0.4 is 20.9 Å². The fourth-order valence-electron chi connectivity index (χ4n) is 1.42. The molecule has 3 N–H and O–H groups in total. The summed E-state index contributed by atoms with van der Waals surface area (Å²) in [5.74, 6) is -0.120. The van der Waals surface area contributed by atoms with E-state index < -0.39 is 5.91 Å². The molecule has 0 aliphatic rings. The maximum Gasteiger partial charge on any atom is 0.273 e. The summed E-state index contributed by atoms with van der Waals surface area (Å²) < 4.78 is 5.51. The molecule has 0 fully saturated rings. The van der Waals surface area contributed by atoms with Crippen LogP contribution in [0.4, 0.5) is 0 Å². The molecule has 0 spiro atoms. The van der Waals surface area contributed by atoms with Gasteiger partial charge in [-0.2, -0.15) is 0 Å². The molecule has 6 nitrogen and oxygen atoms in total. The number of carbonyl (C=O) groups excluding carboxylic acids is 2. The standard InChI is InChI=1S/C14H19N3O3S/c1-3-9-20-11-8-6-5-7-10(11)13(19)16-17-14(21)15-12(18)4-2/h5-8H,3-4,9H2,1-2H3,(H,16,19)(H2,15,17,18,21). The molecule has 1 aromatic rings. The van der Waals surface area contributed by atoms with Crippen LogP contribution in [0.15, 0.2) is 24.3 Å². The molecule has 0 aliphatic heterocycles. The van der Waals surface area contributed by atoms with Gasteiger partial charge in [-0.05, 0) is 30.8 Å². The molecule has 21 heavy (non-hydrogen) atoms. The first-order chi connectivity index (χ1) is 10.1. The van der Waals surface area contributed by atoms with Gasteiger partial charge in [0.2, 0.25) is 5.91 Å². The molecule has 0 atom stereocenters. The van der Waals surface area contributed by atoms with Crippen molar-refractivity contribution < 1.29 is 14.3 Å². The summed E-state index contributed by atoms with van der Waals surface area (Å²) in [4.78, 5) is 23.2. The molecular weight excluding hydrogens is 290 g/mol. The highest BCUT2D eigenvalue weighted by atomic mass is 32.1. The third kappa shape index (κ3) is 5.78. The molecule has 1 rings (SSSR count). The zero-order chi connectivity index (χ0) is 15.7. The lowest BCUT2D eigenvalue weighted by molar-refractivity contribution is -0.119. The fourth-order valence-corrected chi connectivity index (χ4v) is 1.58. The van der Waals surface area contributed by atoms with E-state index in [4.69, 9.17) is 17.0 Å². The molecule has 2 amide bonds. The van der Waals surface area contributed by atoms with Crippen molar-refractivity contribution in [2.45, 2.75) is 26.7 Å². The van der Waals surface area contributed by atoms with Gasteiger partial charge in [-0.25, -0.2) is 0 Å². The van der Waals surface area contributed by atoms with Gasteiger partial charge in [0, 0.05) is 6.42 Å². The van der Waals surface area contributed by atoms with Gasteiger partial charge in [-0.3, -0.25) is 20.4 Å². The van der Waals surface area contributed by atoms with Crippen LogP contribution in [-0.4, -0.2) is 23.5 Å². The second-order valence-electron chi connectivity index (χ2n) is 4.15. The van der Waals surface area contributed by atoms with Crippen molar-refractivity contribution in [3.05, 3.63) is 29.8 Å². The third-order valence-corrected chi connectivity index (χ3v) is 2.66. The summed E-state index contributed by atoms with van der Waals surface area (Å²) in [7, 11) is 0. The number of rotatable bonds is 5. The maximum absolute atomic E-state index is 12.1. The quantitative estimate of drug-likeness (QED) is 0.568. The Morgan fingerprint density at radius 1 is 1.19 bits per heavy atom. The second-order valence-corrected chi connectivity index (χ2v) is 4.56. The fraction of sp³-hybridized carbons (Fsp3) is 0.357. The first-order valence-electron chi connectivity index (χ1n) is 6.70. The van der Waals surface area contributed by atoms with Crippen molar-refractivity contribution >= 4 is 29.1 Å². The van der Waals surface area contributed by atoms with E-state index in [2.05, 4.69) is 16.2 Å². The van der Waals surface area contributed by atoms with Gasteiger partial charge >= 0.3 is 0 Å². The first-order valence-corrected chi connectivity index (χ1v) is 7.11. The van der Waals surface area contributed by atoms with Crippen LogP contribution in [0.2, 0.25) is 0 Å². The number of nitrogens with one attached hydrogen (secondary N) is 3. The van der Waals surface area contributed by atoms with Crippen LogP contribution >= 0.6 is 12.2 Å². The third-order valence-electron chi connectivity index (χ3n) is 2.46. The zero-order valence-corrected chi connectivity index (χ0v) is 12.9. The van der Waals surface area contributed by atoms with Crippen LogP contribution in [0.3, 0.4) is 0 Å². The SMILES string of the molecule is CCCOc1ccccc1C(=O)NNC(=S)NC(=O)CC. The van der Waals surface area contributed by atoms with Gasteiger partial charge in [0.15, 0.2) is 5.11 Å². The van der Waals surface area contributed by atoms with Crippen molar-refractivity contribution in [1.29, 1.82) is 0 Å². The van der Waals surface area contributed by atoms with E-state index in [1.165, 1.54) is 0 Å². The number of thiocarbonyl (C=S) groups is 1. The minimum atomic E-state index is -0.394. The van der Waals surface area contributed by atoms with Crippen LogP contribution in [-0.2, 0) is 4.79 Å². The molecule has 114 valence electrons. The summed E-state index contributed by atoms with van der Waals surface area (Å²) >= 11 is 4.88. The van der Waals surface area contributed by atoms with Crippen molar-refractivity contribution in [2.75, 3.05) is 6.61 Å². The normalized spacial score (nSPS) is 9.62. The predicted octanol–water partition coefficient (Wildman–Crippen LogP) is 1.52. The van der Waals surface area contributed by atoms with Gasteiger partial charge in [0.1, 0.15) is 5.75 Å². The van der Waals surface area contributed by atoms with Gasteiger partial charge in [0.05, 0.1) is 12.2 Å². The highest BCUT2D eigenvalue weighted by Crippen LogP contribution is 2.17. The van der Waals surface area contributed by atoms with Crippen LogP contribution in [0.25, 0.3) is 0 Å². The minimum Gasteiger partial charge on any atom is -0.493 e. The molecule has 1 aromatic carbocycles. The second kappa shape index (κ2) is 8.91. The Morgan fingerprint density at radius 2 is 1.90 bits per heavy atom. The highest BCUT2D eigenvalue weighted by Gasteiger charge is 2.12. The molecule has 0 radical (unpaired) electrons. The van der Waals surface area contributed by atoms with E-state index in [1.54, 1.807) is 31.2 Å². The molecule has 0 unspecified atom stereocenters. The smallest absolute Gasteiger partial charge is 0.273 e. The van der Waals surface area contributed by atoms with E-state index in [9.17, 15) is 9.59 Å². The van der Waals surface area contributed by atoms with E-state index in [0.717, 1.165) is 6.42 Å². The van der Waals surface area contributed by atoms with Crippen molar-refractivity contribution in [3.63, 3.8) is 0 Å². The Kier molecular flexibility index (Phi) is 7.17. The minimum absolute atomic E-state index is 0.0437. The van der Waals surface area contributed by atoms with Gasteiger partial charge in [-0.15, -0.1) is 0 Å². The predicted molar refractivity (Wildman–Crippen MR) is 83.9 cm³/mol. The van der Waals surface area contributed by atoms with E-state index in [-0.39, 0.29) is 11.0 Å². The summed E-state index contributed by atoms with van der Waals surface area (Å²) in [6.45, 7) is 4.22. The zero-order valence-electron chi connectivity index (χ0n) is 12.1. The first kappa shape index (κ1) is 16.9. The largest absolute Gasteiger partial charge is 0.493 e.